The first-order chi connectivity index (χ1) is 5.75. The summed E-state index contributed by atoms with van der Waals surface area (Å²) in [5.74, 6) is -0.0912. The second-order valence-electron chi connectivity index (χ2n) is 3.05. The van der Waals surface area contributed by atoms with E-state index >= 15 is 0 Å². The summed E-state index contributed by atoms with van der Waals surface area (Å²) >= 11 is 0. The molecule has 1 aliphatic rings. The van der Waals surface area contributed by atoms with Gasteiger partial charge in [0.15, 0.2) is 0 Å². The standard InChI is InChI=1S/C8H16N2O2/c1-2-3-4-5-12-10-6-7(9)8(10)11/h7H,2-6,9H2,1H3. The number of unbranched alkanes of at least 4 members (excludes halogenated alkanes) is 2. The summed E-state index contributed by atoms with van der Waals surface area (Å²) in [6.07, 6.45) is 3.32. The maximum absolute atomic E-state index is 10.9. The summed E-state index contributed by atoms with van der Waals surface area (Å²) in [6, 6.07) is -0.323. The molecule has 2 N–H and O–H groups in total. The molecule has 0 aliphatic carbocycles. The van der Waals surface area contributed by atoms with E-state index in [9.17, 15) is 4.79 Å². The molecule has 1 saturated heterocycles. The van der Waals surface area contributed by atoms with Gasteiger partial charge >= 0.3 is 0 Å². The van der Waals surface area contributed by atoms with Crippen LogP contribution in [0.15, 0.2) is 0 Å². The van der Waals surface area contributed by atoms with Crippen LogP contribution in [-0.2, 0) is 9.63 Å². The number of β-lactam (4-membered cyclic amide) rings is 1. The van der Waals surface area contributed by atoms with Gasteiger partial charge in [0.1, 0.15) is 6.04 Å². The fourth-order valence-electron chi connectivity index (χ4n) is 1.06. The van der Waals surface area contributed by atoms with Crippen molar-refractivity contribution in [1.82, 2.24) is 5.06 Å². The van der Waals surface area contributed by atoms with Crippen LogP contribution in [0.25, 0.3) is 0 Å². The Labute approximate surface area is 72.6 Å². The number of carbonyl (C=O) groups is 1. The van der Waals surface area contributed by atoms with Crippen molar-refractivity contribution in [1.29, 1.82) is 0 Å². The molecule has 1 aliphatic heterocycles. The third-order valence-electron chi connectivity index (χ3n) is 1.92. The first-order valence-corrected chi connectivity index (χ1v) is 4.45. The second-order valence-corrected chi connectivity index (χ2v) is 3.05. The highest BCUT2D eigenvalue weighted by atomic mass is 16.7. The van der Waals surface area contributed by atoms with Gasteiger partial charge in [0, 0.05) is 0 Å². The Morgan fingerprint density at radius 1 is 1.67 bits per heavy atom. The third kappa shape index (κ3) is 2.19. The summed E-state index contributed by atoms with van der Waals surface area (Å²) in [5.41, 5.74) is 5.37. The quantitative estimate of drug-likeness (QED) is 0.478. The lowest BCUT2D eigenvalue weighted by Gasteiger charge is -2.34. The monoisotopic (exact) mass is 172 g/mol. The van der Waals surface area contributed by atoms with E-state index in [1.165, 1.54) is 5.06 Å². The first-order valence-electron chi connectivity index (χ1n) is 4.45. The van der Waals surface area contributed by atoms with E-state index in [0.29, 0.717) is 13.2 Å². The van der Waals surface area contributed by atoms with Crippen molar-refractivity contribution in [3.63, 3.8) is 0 Å². The summed E-state index contributed by atoms with van der Waals surface area (Å²) in [6.45, 7) is 3.31. The van der Waals surface area contributed by atoms with Crippen molar-refractivity contribution >= 4 is 5.91 Å². The zero-order valence-electron chi connectivity index (χ0n) is 7.45. The lowest BCUT2D eigenvalue weighted by molar-refractivity contribution is -0.211. The van der Waals surface area contributed by atoms with Crippen LogP contribution in [0.4, 0.5) is 0 Å². The molecular weight excluding hydrogens is 156 g/mol. The minimum atomic E-state index is -0.323. The molecule has 0 saturated carbocycles. The van der Waals surface area contributed by atoms with E-state index < -0.39 is 0 Å². The largest absolute Gasteiger partial charge is 0.318 e. The van der Waals surface area contributed by atoms with E-state index in [4.69, 9.17) is 10.6 Å². The Morgan fingerprint density at radius 3 is 2.92 bits per heavy atom. The molecular formula is C8H16N2O2. The van der Waals surface area contributed by atoms with Gasteiger partial charge in [0.25, 0.3) is 5.91 Å². The minimum Gasteiger partial charge on any atom is -0.318 e. The van der Waals surface area contributed by atoms with Gasteiger partial charge in [-0.15, -0.1) is 0 Å². The van der Waals surface area contributed by atoms with Crippen LogP contribution in [0.2, 0.25) is 0 Å². The smallest absolute Gasteiger partial charge is 0.265 e. The highest BCUT2D eigenvalue weighted by Crippen LogP contribution is 2.08. The number of hydrogen-bond donors (Lipinski definition) is 1. The average Bonchev–Trinajstić information content (AvgIpc) is 2.10. The lowest BCUT2D eigenvalue weighted by atomic mass is 10.2. The molecule has 4 heteroatoms. The third-order valence-corrected chi connectivity index (χ3v) is 1.92. The molecule has 12 heavy (non-hydrogen) atoms. The fraction of sp³-hybridized carbons (Fsp3) is 0.875. The number of nitrogens with zero attached hydrogens (tertiary/aromatic N) is 1. The molecule has 0 bridgehead atoms. The molecule has 0 aromatic heterocycles. The molecule has 1 rings (SSSR count). The predicted octanol–water partition coefficient (Wildman–Crippen LogP) is 0.278. The van der Waals surface area contributed by atoms with Gasteiger partial charge in [-0.3, -0.25) is 9.63 Å². The van der Waals surface area contributed by atoms with Gasteiger partial charge in [-0.05, 0) is 6.42 Å². The zero-order valence-corrected chi connectivity index (χ0v) is 7.45. The topological polar surface area (TPSA) is 55.6 Å². The van der Waals surface area contributed by atoms with Gasteiger partial charge in [-0.2, -0.15) is 0 Å². The molecule has 1 fully saturated rings. The van der Waals surface area contributed by atoms with Gasteiger partial charge in [-0.1, -0.05) is 19.8 Å². The zero-order chi connectivity index (χ0) is 8.97. The number of carbonyl (C=O) groups excluding carboxylic acids is 1. The van der Waals surface area contributed by atoms with Crippen LogP contribution < -0.4 is 5.73 Å². The van der Waals surface area contributed by atoms with Crippen molar-refractivity contribution in [2.45, 2.75) is 32.2 Å². The Bertz CT molecular complexity index is 161. The number of rotatable bonds is 5. The van der Waals surface area contributed by atoms with E-state index in [0.717, 1.165) is 19.3 Å². The van der Waals surface area contributed by atoms with Gasteiger partial charge in [-0.25, -0.2) is 5.06 Å². The number of amides is 1. The minimum absolute atomic E-state index is 0.0912. The maximum Gasteiger partial charge on any atom is 0.265 e. The Kier molecular flexibility index (Phi) is 3.49. The molecule has 1 unspecified atom stereocenters. The number of hydrogen-bond acceptors (Lipinski definition) is 3. The molecule has 1 amide bonds. The van der Waals surface area contributed by atoms with E-state index in [2.05, 4.69) is 6.92 Å². The van der Waals surface area contributed by atoms with Crippen molar-refractivity contribution in [3.05, 3.63) is 0 Å². The van der Waals surface area contributed by atoms with E-state index in [1.54, 1.807) is 0 Å². The summed E-state index contributed by atoms with van der Waals surface area (Å²) in [5, 5.41) is 1.35. The summed E-state index contributed by atoms with van der Waals surface area (Å²) in [7, 11) is 0. The Hall–Kier alpha value is -0.610. The van der Waals surface area contributed by atoms with Gasteiger partial charge < -0.3 is 5.73 Å². The molecule has 4 nitrogen and oxygen atoms in total. The van der Waals surface area contributed by atoms with Crippen LogP contribution in [0.3, 0.4) is 0 Å². The van der Waals surface area contributed by atoms with Crippen LogP contribution in [0.5, 0.6) is 0 Å². The average molecular weight is 172 g/mol. The highest BCUT2D eigenvalue weighted by Gasteiger charge is 2.34. The van der Waals surface area contributed by atoms with Crippen molar-refractivity contribution in [2.24, 2.45) is 5.73 Å². The van der Waals surface area contributed by atoms with Crippen molar-refractivity contribution in [3.8, 4) is 0 Å². The summed E-state index contributed by atoms with van der Waals surface area (Å²) in [4.78, 5) is 16.1. The van der Waals surface area contributed by atoms with Gasteiger partial charge in [0.2, 0.25) is 0 Å². The van der Waals surface area contributed by atoms with E-state index in [-0.39, 0.29) is 11.9 Å². The Morgan fingerprint density at radius 2 is 2.42 bits per heavy atom. The van der Waals surface area contributed by atoms with E-state index in [1.807, 2.05) is 0 Å². The molecule has 0 radical (unpaired) electrons. The molecule has 70 valence electrons. The second kappa shape index (κ2) is 4.42. The number of hydroxylamine groups is 2. The molecule has 1 heterocycles. The SMILES string of the molecule is CCCCCON1CC(N)C1=O. The molecule has 0 spiro atoms. The molecule has 0 aromatic rings. The van der Waals surface area contributed by atoms with Crippen molar-refractivity contribution in [2.75, 3.05) is 13.2 Å². The maximum atomic E-state index is 10.9. The van der Waals surface area contributed by atoms with Gasteiger partial charge in [0.05, 0.1) is 13.2 Å². The predicted molar refractivity (Wildman–Crippen MR) is 45.2 cm³/mol. The fourth-order valence-corrected chi connectivity index (χ4v) is 1.06. The van der Waals surface area contributed by atoms with Crippen LogP contribution in [-0.4, -0.2) is 30.2 Å². The van der Waals surface area contributed by atoms with Crippen LogP contribution >= 0.6 is 0 Å². The lowest BCUT2D eigenvalue weighted by Crippen LogP contribution is -2.60. The Balaban J connectivity index is 1.98. The highest BCUT2D eigenvalue weighted by molar-refractivity contribution is 5.86. The number of nitrogens with two attached hydrogens (primary N) is 1. The first kappa shape index (κ1) is 9.48. The summed E-state index contributed by atoms with van der Waals surface area (Å²) < 4.78 is 0. The van der Waals surface area contributed by atoms with Crippen molar-refractivity contribution < 1.29 is 9.63 Å². The molecule has 1 atom stereocenters. The normalized spacial score (nSPS) is 22.7. The van der Waals surface area contributed by atoms with Crippen LogP contribution in [0.1, 0.15) is 26.2 Å². The van der Waals surface area contributed by atoms with Crippen LogP contribution in [0, 0.1) is 0 Å². The molecule has 0 aromatic carbocycles.